The van der Waals surface area contributed by atoms with Crippen molar-refractivity contribution in [3.05, 3.63) is 59.2 Å². The first kappa shape index (κ1) is 20.2. The molecule has 0 spiro atoms. The van der Waals surface area contributed by atoms with Crippen LogP contribution in [0.4, 0.5) is 5.69 Å². The van der Waals surface area contributed by atoms with Crippen molar-refractivity contribution in [1.29, 1.82) is 0 Å². The number of carbonyl (C=O) groups excluding carboxylic acids is 3. The number of nitrogens with zero attached hydrogens (tertiary/aromatic N) is 1. The predicted octanol–water partition coefficient (Wildman–Crippen LogP) is 2.24. The van der Waals surface area contributed by atoms with Crippen LogP contribution in [0.5, 0.6) is 0 Å². The zero-order valence-corrected chi connectivity index (χ0v) is 17.2. The van der Waals surface area contributed by atoms with Gasteiger partial charge in [0.2, 0.25) is 10.0 Å². The van der Waals surface area contributed by atoms with E-state index in [2.05, 4.69) is 10.6 Å². The number of hydrogen-bond donors (Lipinski definition) is 2. The van der Waals surface area contributed by atoms with Gasteiger partial charge in [0.1, 0.15) is 0 Å². The normalized spacial score (nSPS) is 19.3. The first-order valence-electron chi connectivity index (χ1n) is 9.67. The molecule has 2 aromatic rings. The summed E-state index contributed by atoms with van der Waals surface area (Å²) in [5.74, 6) is -1.10. The molecule has 2 aromatic carbocycles. The number of hydrogen-bond acceptors (Lipinski definition) is 5. The van der Waals surface area contributed by atoms with Gasteiger partial charge in [-0.25, -0.2) is 8.42 Å². The number of imide groups is 1. The van der Waals surface area contributed by atoms with E-state index in [-0.39, 0.29) is 21.6 Å². The van der Waals surface area contributed by atoms with Gasteiger partial charge in [0.05, 0.1) is 16.0 Å². The minimum absolute atomic E-state index is 0.154. The van der Waals surface area contributed by atoms with Crippen LogP contribution in [-0.2, 0) is 10.0 Å². The van der Waals surface area contributed by atoms with Gasteiger partial charge < -0.3 is 5.32 Å². The highest BCUT2D eigenvalue weighted by atomic mass is 32.2. The predicted molar refractivity (Wildman–Crippen MR) is 110 cm³/mol. The van der Waals surface area contributed by atoms with E-state index in [1.165, 1.54) is 46.8 Å². The molecule has 4 rings (SSSR count). The van der Waals surface area contributed by atoms with Crippen LogP contribution in [0.2, 0.25) is 0 Å². The summed E-state index contributed by atoms with van der Waals surface area (Å²) in [5, 5.41) is 4.85. The molecule has 2 N–H and O–H groups in total. The van der Waals surface area contributed by atoms with Crippen LogP contribution in [0.1, 0.15) is 50.8 Å². The third kappa shape index (κ3) is 3.73. The van der Waals surface area contributed by atoms with Gasteiger partial charge in [0, 0.05) is 24.3 Å². The third-order valence-electron chi connectivity index (χ3n) is 5.37. The molecule has 0 aliphatic carbocycles. The fourth-order valence-corrected chi connectivity index (χ4v) is 5.34. The Morgan fingerprint density at radius 2 is 1.77 bits per heavy atom. The van der Waals surface area contributed by atoms with E-state index in [9.17, 15) is 22.8 Å². The fourth-order valence-electron chi connectivity index (χ4n) is 3.74. The molecule has 9 heteroatoms. The number of benzene rings is 2. The molecular weight excluding hydrogens is 406 g/mol. The molecule has 0 unspecified atom stereocenters. The van der Waals surface area contributed by atoms with E-state index in [1.54, 1.807) is 0 Å². The first-order chi connectivity index (χ1) is 14.3. The van der Waals surface area contributed by atoms with Gasteiger partial charge in [-0.1, -0.05) is 6.92 Å². The molecule has 2 aliphatic rings. The summed E-state index contributed by atoms with van der Waals surface area (Å²) in [6, 6.07) is 10.2. The molecule has 156 valence electrons. The van der Waals surface area contributed by atoms with Crippen LogP contribution in [-0.4, -0.2) is 43.5 Å². The van der Waals surface area contributed by atoms with Crippen LogP contribution in [0, 0.1) is 5.92 Å². The van der Waals surface area contributed by atoms with Crippen molar-refractivity contribution >= 4 is 33.4 Å². The van der Waals surface area contributed by atoms with Crippen LogP contribution >= 0.6 is 0 Å². The lowest BCUT2D eigenvalue weighted by molar-refractivity contribution is 0.0878. The number of fused-ring (bicyclic) bond motifs is 1. The summed E-state index contributed by atoms with van der Waals surface area (Å²) >= 11 is 0. The Hall–Kier alpha value is -3.04. The van der Waals surface area contributed by atoms with E-state index >= 15 is 0 Å². The Morgan fingerprint density at radius 1 is 1.07 bits per heavy atom. The Bertz CT molecular complexity index is 1140. The number of rotatable bonds is 4. The van der Waals surface area contributed by atoms with E-state index in [4.69, 9.17) is 0 Å². The second-order valence-corrected chi connectivity index (χ2v) is 9.57. The lowest BCUT2D eigenvalue weighted by atomic mass is 10.0. The molecular formula is C21H21N3O5S. The van der Waals surface area contributed by atoms with Crippen molar-refractivity contribution in [3.63, 3.8) is 0 Å². The zero-order valence-electron chi connectivity index (χ0n) is 16.3. The van der Waals surface area contributed by atoms with Gasteiger partial charge in [0.25, 0.3) is 17.7 Å². The van der Waals surface area contributed by atoms with Gasteiger partial charge in [-0.3, -0.25) is 19.7 Å². The topological polar surface area (TPSA) is 113 Å². The zero-order chi connectivity index (χ0) is 21.5. The van der Waals surface area contributed by atoms with Crippen molar-refractivity contribution < 1.29 is 22.8 Å². The Kier molecular flexibility index (Phi) is 5.17. The minimum atomic E-state index is -3.59. The van der Waals surface area contributed by atoms with E-state index in [0.717, 1.165) is 12.8 Å². The molecule has 3 amide bonds. The molecule has 0 radical (unpaired) electrons. The maximum Gasteiger partial charge on any atom is 0.259 e. The maximum absolute atomic E-state index is 12.8. The molecule has 2 aliphatic heterocycles. The quantitative estimate of drug-likeness (QED) is 0.727. The standard InChI is InChI=1S/C21H21N3O5S/c1-13-3-2-10-24(12-13)30(28,29)16-7-4-14(5-8-16)19(25)22-15-6-9-17-18(11-15)21(27)23-20(17)26/h4-9,11,13H,2-3,10,12H2,1H3,(H,22,25)(H,23,26,27)/t13-/m1/s1. The molecule has 0 bridgehead atoms. The molecule has 1 fully saturated rings. The fraction of sp³-hybridized carbons (Fsp3) is 0.286. The van der Waals surface area contributed by atoms with Crippen LogP contribution in [0.15, 0.2) is 47.4 Å². The van der Waals surface area contributed by atoms with Gasteiger partial charge in [-0.15, -0.1) is 0 Å². The first-order valence-corrected chi connectivity index (χ1v) is 11.1. The highest BCUT2D eigenvalue weighted by Crippen LogP contribution is 2.24. The van der Waals surface area contributed by atoms with Crippen LogP contribution in [0.3, 0.4) is 0 Å². The number of piperidine rings is 1. The lowest BCUT2D eigenvalue weighted by Gasteiger charge is -2.30. The Morgan fingerprint density at radius 3 is 2.47 bits per heavy atom. The third-order valence-corrected chi connectivity index (χ3v) is 7.25. The molecule has 0 aromatic heterocycles. The van der Waals surface area contributed by atoms with Gasteiger partial charge in [0.15, 0.2) is 0 Å². The molecule has 1 atom stereocenters. The second kappa shape index (κ2) is 7.66. The van der Waals surface area contributed by atoms with E-state index < -0.39 is 27.7 Å². The van der Waals surface area contributed by atoms with Gasteiger partial charge in [-0.05, 0) is 61.2 Å². The van der Waals surface area contributed by atoms with E-state index in [0.29, 0.717) is 24.7 Å². The summed E-state index contributed by atoms with van der Waals surface area (Å²) in [6.07, 6.45) is 1.86. The molecule has 30 heavy (non-hydrogen) atoms. The highest BCUT2D eigenvalue weighted by Gasteiger charge is 2.29. The number of anilines is 1. The summed E-state index contributed by atoms with van der Waals surface area (Å²) in [7, 11) is -3.59. The summed E-state index contributed by atoms with van der Waals surface area (Å²) < 4.78 is 27.2. The van der Waals surface area contributed by atoms with Gasteiger partial charge >= 0.3 is 0 Å². The molecule has 0 saturated carbocycles. The Labute approximate surface area is 174 Å². The van der Waals surface area contributed by atoms with Crippen LogP contribution < -0.4 is 10.6 Å². The summed E-state index contributed by atoms with van der Waals surface area (Å²) in [6.45, 7) is 3.04. The number of nitrogens with one attached hydrogen (secondary N) is 2. The lowest BCUT2D eigenvalue weighted by Crippen LogP contribution is -2.39. The van der Waals surface area contributed by atoms with Crippen molar-refractivity contribution in [1.82, 2.24) is 9.62 Å². The van der Waals surface area contributed by atoms with Crippen molar-refractivity contribution in [2.24, 2.45) is 5.92 Å². The minimum Gasteiger partial charge on any atom is -0.322 e. The SMILES string of the molecule is C[C@@H]1CCCN(S(=O)(=O)c2ccc(C(=O)Nc3ccc4c(c3)C(=O)NC4=O)cc2)C1. The molecule has 2 heterocycles. The summed E-state index contributed by atoms with van der Waals surface area (Å²) in [4.78, 5) is 36.0. The number of sulfonamides is 1. The second-order valence-electron chi connectivity index (χ2n) is 7.63. The summed E-state index contributed by atoms with van der Waals surface area (Å²) in [5.41, 5.74) is 1.11. The molecule has 8 nitrogen and oxygen atoms in total. The molecule has 1 saturated heterocycles. The van der Waals surface area contributed by atoms with Crippen LogP contribution in [0.25, 0.3) is 0 Å². The monoisotopic (exact) mass is 427 g/mol. The Balaban J connectivity index is 1.49. The maximum atomic E-state index is 12.8. The smallest absolute Gasteiger partial charge is 0.259 e. The van der Waals surface area contributed by atoms with Crippen molar-refractivity contribution in [3.8, 4) is 0 Å². The largest absolute Gasteiger partial charge is 0.322 e. The number of carbonyl (C=O) groups is 3. The average Bonchev–Trinajstić information content (AvgIpc) is 3.01. The highest BCUT2D eigenvalue weighted by molar-refractivity contribution is 7.89. The van der Waals surface area contributed by atoms with Crippen molar-refractivity contribution in [2.45, 2.75) is 24.7 Å². The van der Waals surface area contributed by atoms with E-state index in [1.807, 2.05) is 6.92 Å². The van der Waals surface area contributed by atoms with Crippen molar-refractivity contribution in [2.75, 3.05) is 18.4 Å². The number of amides is 3. The van der Waals surface area contributed by atoms with Gasteiger partial charge in [-0.2, -0.15) is 4.31 Å². The average molecular weight is 427 g/mol.